The summed E-state index contributed by atoms with van der Waals surface area (Å²) < 4.78 is 16.0. The summed E-state index contributed by atoms with van der Waals surface area (Å²) in [7, 11) is 0. The number of nitriles is 1. The Balaban J connectivity index is 2.29. The van der Waals surface area contributed by atoms with E-state index >= 15 is 0 Å². The van der Waals surface area contributed by atoms with E-state index in [9.17, 15) is 9.18 Å². The number of amides is 1. The van der Waals surface area contributed by atoms with Crippen LogP contribution in [0.25, 0.3) is 0 Å². The van der Waals surface area contributed by atoms with Crippen LogP contribution in [0.4, 0.5) is 4.39 Å². The second-order valence-corrected chi connectivity index (χ2v) is 6.01. The van der Waals surface area contributed by atoms with Gasteiger partial charge in [-0.15, -0.1) is 0 Å². The lowest BCUT2D eigenvalue weighted by Crippen LogP contribution is -2.31. The standard InChI is InChI=1S/C19H23FN4O/c1-5-9-24-14(4)18(13(3)22-24)19(25)23(6-2)12-16-8-7-15(11-21)10-17(16)20/h7-8,10H,5-6,9,12H2,1-4H3. The molecule has 0 saturated heterocycles. The Labute approximate surface area is 147 Å². The van der Waals surface area contributed by atoms with E-state index in [0.717, 1.165) is 18.7 Å². The molecule has 2 aromatic rings. The number of carbonyl (C=O) groups excluding carboxylic acids is 1. The third-order valence-corrected chi connectivity index (χ3v) is 4.24. The van der Waals surface area contributed by atoms with E-state index in [4.69, 9.17) is 5.26 Å². The topological polar surface area (TPSA) is 61.9 Å². The molecule has 0 unspecified atom stereocenters. The second-order valence-electron chi connectivity index (χ2n) is 6.01. The summed E-state index contributed by atoms with van der Waals surface area (Å²) >= 11 is 0. The molecule has 5 nitrogen and oxygen atoms in total. The highest BCUT2D eigenvalue weighted by Gasteiger charge is 2.23. The van der Waals surface area contributed by atoms with E-state index in [1.54, 1.807) is 17.0 Å². The molecule has 0 atom stereocenters. The highest BCUT2D eigenvalue weighted by Crippen LogP contribution is 2.19. The highest BCUT2D eigenvalue weighted by atomic mass is 19.1. The molecule has 1 heterocycles. The SMILES string of the molecule is CCCn1nc(C)c(C(=O)N(CC)Cc2ccc(C#N)cc2F)c1C. The fraction of sp³-hybridized carbons (Fsp3) is 0.421. The van der Waals surface area contributed by atoms with Gasteiger partial charge in [-0.1, -0.05) is 13.0 Å². The number of hydrogen-bond acceptors (Lipinski definition) is 3. The average Bonchev–Trinajstić information content (AvgIpc) is 2.87. The van der Waals surface area contributed by atoms with Gasteiger partial charge in [-0.3, -0.25) is 9.48 Å². The van der Waals surface area contributed by atoms with E-state index in [1.165, 1.54) is 6.07 Å². The van der Waals surface area contributed by atoms with Crippen LogP contribution in [-0.2, 0) is 13.1 Å². The summed E-state index contributed by atoms with van der Waals surface area (Å²) in [6, 6.07) is 6.23. The quantitative estimate of drug-likeness (QED) is 0.806. The molecular weight excluding hydrogens is 319 g/mol. The molecular formula is C19H23FN4O. The van der Waals surface area contributed by atoms with Crippen molar-refractivity contribution < 1.29 is 9.18 Å². The minimum absolute atomic E-state index is 0.149. The van der Waals surface area contributed by atoms with Gasteiger partial charge >= 0.3 is 0 Å². The number of halogens is 1. The molecule has 1 aromatic carbocycles. The molecule has 0 radical (unpaired) electrons. The van der Waals surface area contributed by atoms with Crippen LogP contribution in [0.2, 0.25) is 0 Å². The van der Waals surface area contributed by atoms with Crippen molar-refractivity contribution >= 4 is 5.91 Å². The van der Waals surface area contributed by atoms with Crippen molar-refractivity contribution in [1.29, 1.82) is 5.26 Å². The third-order valence-electron chi connectivity index (χ3n) is 4.24. The van der Waals surface area contributed by atoms with Crippen LogP contribution < -0.4 is 0 Å². The molecule has 0 saturated carbocycles. The predicted molar refractivity (Wildman–Crippen MR) is 93.5 cm³/mol. The lowest BCUT2D eigenvalue weighted by atomic mass is 10.1. The van der Waals surface area contributed by atoms with Crippen LogP contribution in [0.5, 0.6) is 0 Å². The van der Waals surface area contributed by atoms with Gasteiger partial charge in [0.15, 0.2) is 0 Å². The van der Waals surface area contributed by atoms with Gasteiger partial charge in [-0.05, 0) is 39.3 Å². The summed E-state index contributed by atoms with van der Waals surface area (Å²) in [6.45, 7) is 9.00. The number of rotatable bonds is 6. The van der Waals surface area contributed by atoms with Crippen molar-refractivity contribution in [3.8, 4) is 6.07 Å². The first-order valence-corrected chi connectivity index (χ1v) is 8.44. The van der Waals surface area contributed by atoms with E-state index in [2.05, 4.69) is 12.0 Å². The van der Waals surface area contributed by atoms with E-state index in [0.29, 0.717) is 23.4 Å². The fourth-order valence-corrected chi connectivity index (χ4v) is 2.87. The molecule has 1 amide bonds. The van der Waals surface area contributed by atoms with Gasteiger partial charge < -0.3 is 4.90 Å². The van der Waals surface area contributed by atoms with Gasteiger partial charge in [0.2, 0.25) is 0 Å². The molecule has 0 bridgehead atoms. The number of carbonyl (C=O) groups is 1. The van der Waals surface area contributed by atoms with Crippen molar-refractivity contribution in [3.63, 3.8) is 0 Å². The van der Waals surface area contributed by atoms with Crippen molar-refractivity contribution in [2.75, 3.05) is 6.54 Å². The molecule has 0 aliphatic rings. The Morgan fingerprint density at radius 2 is 2.08 bits per heavy atom. The summed E-state index contributed by atoms with van der Waals surface area (Å²) in [4.78, 5) is 14.6. The smallest absolute Gasteiger partial charge is 0.257 e. The van der Waals surface area contributed by atoms with Crippen LogP contribution in [0.3, 0.4) is 0 Å². The van der Waals surface area contributed by atoms with Crippen LogP contribution in [-0.4, -0.2) is 27.1 Å². The Bertz CT molecular complexity index is 820. The average molecular weight is 342 g/mol. The first-order valence-electron chi connectivity index (χ1n) is 8.44. The van der Waals surface area contributed by atoms with Gasteiger partial charge in [0.25, 0.3) is 5.91 Å². The van der Waals surface area contributed by atoms with Crippen LogP contribution in [0.1, 0.15) is 53.1 Å². The van der Waals surface area contributed by atoms with Crippen LogP contribution in [0, 0.1) is 31.0 Å². The zero-order valence-corrected chi connectivity index (χ0v) is 15.1. The zero-order valence-electron chi connectivity index (χ0n) is 15.1. The maximum atomic E-state index is 14.2. The third kappa shape index (κ3) is 3.87. The Kier molecular flexibility index (Phi) is 5.92. The van der Waals surface area contributed by atoms with Gasteiger partial charge in [0, 0.05) is 30.9 Å². The summed E-state index contributed by atoms with van der Waals surface area (Å²) in [5, 5.41) is 13.3. The van der Waals surface area contributed by atoms with Crippen molar-refractivity contribution in [3.05, 3.63) is 52.1 Å². The number of aryl methyl sites for hydroxylation is 2. The first kappa shape index (κ1) is 18.7. The van der Waals surface area contributed by atoms with Crippen molar-refractivity contribution in [2.45, 2.75) is 47.2 Å². The summed E-state index contributed by atoms with van der Waals surface area (Å²) in [6.07, 6.45) is 0.934. The molecule has 0 aliphatic carbocycles. The van der Waals surface area contributed by atoms with Gasteiger partial charge in [0.05, 0.1) is 22.9 Å². The summed E-state index contributed by atoms with van der Waals surface area (Å²) in [5.41, 5.74) is 2.77. The molecule has 0 spiro atoms. The van der Waals surface area contributed by atoms with Gasteiger partial charge in [-0.25, -0.2) is 4.39 Å². The number of hydrogen-bond donors (Lipinski definition) is 0. The Hall–Kier alpha value is -2.68. The van der Waals surface area contributed by atoms with Crippen molar-refractivity contribution in [1.82, 2.24) is 14.7 Å². The lowest BCUT2D eigenvalue weighted by Gasteiger charge is -2.21. The molecule has 2 rings (SSSR count). The molecule has 0 aliphatic heterocycles. The zero-order chi connectivity index (χ0) is 18.6. The monoisotopic (exact) mass is 342 g/mol. The van der Waals surface area contributed by atoms with Gasteiger partial charge in [-0.2, -0.15) is 10.4 Å². The van der Waals surface area contributed by atoms with E-state index < -0.39 is 5.82 Å². The number of benzene rings is 1. The predicted octanol–water partition coefficient (Wildman–Crippen LogP) is 3.58. The summed E-state index contributed by atoms with van der Waals surface area (Å²) in [5.74, 6) is -0.621. The normalized spacial score (nSPS) is 10.6. The minimum atomic E-state index is -0.472. The first-order chi connectivity index (χ1) is 11.9. The molecule has 0 N–H and O–H groups in total. The fourth-order valence-electron chi connectivity index (χ4n) is 2.87. The van der Waals surface area contributed by atoms with Gasteiger partial charge in [0.1, 0.15) is 5.82 Å². The molecule has 1 aromatic heterocycles. The second kappa shape index (κ2) is 7.93. The molecule has 132 valence electrons. The Morgan fingerprint density at radius 1 is 1.36 bits per heavy atom. The largest absolute Gasteiger partial charge is 0.334 e. The maximum absolute atomic E-state index is 14.2. The van der Waals surface area contributed by atoms with E-state index in [1.807, 2.05) is 31.5 Å². The van der Waals surface area contributed by atoms with Crippen LogP contribution in [0.15, 0.2) is 18.2 Å². The van der Waals surface area contributed by atoms with Crippen LogP contribution >= 0.6 is 0 Å². The Morgan fingerprint density at radius 3 is 2.64 bits per heavy atom. The molecule has 6 heteroatoms. The number of nitrogens with zero attached hydrogens (tertiary/aromatic N) is 4. The molecule has 25 heavy (non-hydrogen) atoms. The van der Waals surface area contributed by atoms with Crippen molar-refractivity contribution in [2.24, 2.45) is 0 Å². The maximum Gasteiger partial charge on any atom is 0.257 e. The highest BCUT2D eigenvalue weighted by molar-refractivity contribution is 5.96. The minimum Gasteiger partial charge on any atom is -0.334 e. The number of aromatic nitrogens is 2. The van der Waals surface area contributed by atoms with E-state index in [-0.39, 0.29) is 18.0 Å². The lowest BCUT2D eigenvalue weighted by molar-refractivity contribution is 0.0749. The molecule has 0 fully saturated rings.